The maximum atomic E-state index is 11.1. The molecule has 6 nitrogen and oxygen atoms in total. The Morgan fingerprint density at radius 2 is 2.12 bits per heavy atom. The van der Waals surface area contributed by atoms with Crippen molar-refractivity contribution in [3.05, 3.63) is 53.1 Å². The highest BCUT2D eigenvalue weighted by Gasteiger charge is 1.96. The number of aromatic amines is 1. The van der Waals surface area contributed by atoms with Gasteiger partial charge in [-0.15, -0.1) is 5.10 Å². The van der Waals surface area contributed by atoms with Gasteiger partial charge in [-0.3, -0.25) is 9.89 Å². The number of nitrogens with one attached hydrogen (secondary N) is 1. The Morgan fingerprint density at radius 1 is 1.25 bits per heavy atom. The van der Waals surface area contributed by atoms with Gasteiger partial charge in [-0.2, -0.15) is 0 Å². The number of rotatable bonds is 0. The third kappa shape index (κ3) is 2.30. The Morgan fingerprint density at radius 3 is 2.75 bits per heavy atom. The summed E-state index contributed by atoms with van der Waals surface area (Å²) in [5, 5.41) is 13.3. The highest BCUT2D eigenvalue weighted by atomic mass is 16.5. The van der Waals surface area contributed by atoms with Crippen LogP contribution in [0.2, 0.25) is 0 Å². The van der Waals surface area contributed by atoms with Crippen molar-refractivity contribution in [2.45, 2.75) is 0 Å². The van der Waals surface area contributed by atoms with Gasteiger partial charge in [0, 0.05) is 6.20 Å². The molecule has 3 aromatic rings. The first-order chi connectivity index (χ1) is 7.88. The fraction of sp³-hybridized carbons (Fsp3) is 0. The van der Waals surface area contributed by atoms with E-state index in [-0.39, 0.29) is 5.43 Å². The second-order valence-electron chi connectivity index (χ2n) is 2.85. The Kier molecular flexibility index (Phi) is 3.03. The molecule has 1 N–H and O–H groups in total. The zero-order valence-electron chi connectivity index (χ0n) is 8.20. The largest absolute Gasteiger partial charge is 0.356 e. The minimum absolute atomic E-state index is 0.105. The smallest absolute Gasteiger partial charge is 0.211 e. The summed E-state index contributed by atoms with van der Waals surface area (Å²) in [5.74, 6) is 0. The third-order valence-electron chi connectivity index (χ3n) is 1.80. The minimum atomic E-state index is -0.105. The van der Waals surface area contributed by atoms with Crippen molar-refractivity contribution in [1.82, 2.24) is 20.6 Å². The fourth-order valence-electron chi connectivity index (χ4n) is 1.12. The normalized spacial score (nSPS) is 9.50. The summed E-state index contributed by atoms with van der Waals surface area (Å²) in [5.41, 5.74) is 0.423. The van der Waals surface area contributed by atoms with Gasteiger partial charge in [0.25, 0.3) is 0 Å². The third-order valence-corrected chi connectivity index (χ3v) is 1.80. The maximum absolute atomic E-state index is 11.1. The molecule has 1 aromatic carbocycles. The molecule has 0 fully saturated rings. The molecule has 0 spiro atoms. The van der Waals surface area contributed by atoms with Crippen LogP contribution >= 0.6 is 0 Å². The molecular weight excluding hydrogens is 208 g/mol. The standard InChI is InChI=1S/C8H5NO2.C2H3N3/c10-7-5-9-11-8-4-2-1-3-6(7)8;1-2-4-5-3-1/h1-5H;1-2H,(H,3,4,5). The summed E-state index contributed by atoms with van der Waals surface area (Å²) in [4.78, 5) is 11.1. The van der Waals surface area contributed by atoms with Crippen LogP contribution in [0.4, 0.5) is 0 Å². The lowest BCUT2D eigenvalue weighted by molar-refractivity contribution is 0.440. The molecule has 16 heavy (non-hydrogen) atoms. The molecule has 3 rings (SSSR count). The van der Waals surface area contributed by atoms with Gasteiger partial charge in [0.15, 0.2) is 5.58 Å². The molecule has 0 saturated carbocycles. The molecule has 0 radical (unpaired) electrons. The number of para-hydroxylation sites is 1. The number of benzene rings is 1. The second-order valence-corrected chi connectivity index (χ2v) is 2.85. The number of hydrogen-bond acceptors (Lipinski definition) is 5. The topological polar surface area (TPSA) is 84.7 Å². The summed E-state index contributed by atoms with van der Waals surface area (Å²) >= 11 is 0. The predicted octanol–water partition coefficient (Wildman–Crippen LogP) is 0.993. The van der Waals surface area contributed by atoms with Crippen molar-refractivity contribution in [2.24, 2.45) is 0 Å². The lowest BCUT2D eigenvalue weighted by atomic mass is 10.2. The average Bonchev–Trinajstić information content (AvgIpc) is 2.88. The van der Waals surface area contributed by atoms with Gasteiger partial charge in [-0.25, -0.2) is 0 Å². The number of hydrogen-bond donors (Lipinski definition) is 1. The van der Waals surface area contributed by atoms with Crippen LogP contribution in [0.15, 0.2) is 52.2 Å². The number of nitrogens with zero attached hydrogens (tertiary/aromatic N) is 3. The Bertz CT molecular complexity index is 581. The predicted molar refractivity (Wildman–Crippen MR) is 56.7 cm³/mol. The van der Waals surface area contributed by atoms with Crippen LogP contribution in [-0.4, -0.2) is 20.6 Å². The summed E-state index contributed by atoms with van der Waals surface area (Å²) in [7, 11) is 0. The van der Waals surface area contributed by atoms with Crippen LogP contribution in [0.1, 0.15) is 0 Å². The average molecular weight is 216 g/mol. The quantitative estimate of drug-likeness (QED) is 0.605. The summed E-state index contributed by atoms with van der Waals surface area (Å²) in [6.07, 6.45) is 4.41. The van der Waals surface area contributed by atoms with E-state index < -0.39 is 0 Å². The van der Waals surface area contributed by atoms with Crippen molar-refractivity contribution in [3.63, 3.8) is 0 Å². The zero-order valence-corrected chi connectivity index (χ0v) is 8.20. The van der Waals surface area contributed by atoms with E-state index in [0.717, 1.165) is 0 Å². The number of H-pyrrole nitrogens is 1. The van der Waals surface area contributed by atoms with E-state index in [1.807, 2.05) is 0 Å². The van der Waals surface area contributed by atoms with Gasteiger partial charge in [0.05, 0.1) is 11.6 Å². The molecule has 0 bridgehead atoms. The minimum Gasteiger partial charge on any atom is -0.356 e. The van der Waals surface area contributed by atoms with Crippen LogP contribution in [0.3, 0.4) is 0 Å². The molecule has 2 aromatic heterocycles. The monoisotopic (exact) mass is 216 g/mol. The van der Waals surface area contributed by atoms with Crippen LogP contribution in [0.25, 0.3) is 11.0 Å². The van der Waals surface area contributed by atoms with Crippen molar-refractivity contribution >= 4 is 11.0 Å². The van der Waals surface area contributed by atoms with Crippen molar-refractivity contribution in [2.75, 3.05) is 0 Å². The molecule has 0 atom stereocenters. The zero-order chi connectivity index (χ0) is 11.2. The van der Waals surface area contributed by atoms with Gasteiger partial charge >= 0.3 is 0 Å². The first kappa shape index (κ1) is 10.0. The van der Waals surface area contributed by atoms with E-state index in [1.54, 1.807) is 36.7 Å². The molecule has 0 amide bonds. The SMILES string of the molecule is O=c1cnoc2ccccc12.c1c[nH]nn1. The first-order valence-electron chi connectivity index (χ1n) is 4.52. The van der Waals surface area contributed by atoms with Gasteiger partial charge in [-0.1, -0.05) is 22.5 Å². The Labute approximate surface area is 89.9 Å². The summed E-state index contributed by atoms with van der Waals surface area (Å²) in [6, 6.07) is 7.01. The highest BCUT2D eigenvalue weighted by molar-refractivity contribution is 5.75. The molecule has 6 heteroatoms. The van der Waals surface area contributed by atoms with Crippen LogP contribution < -0.4 is 5.43 Å². The Hall–Kier alpha value is -2.50. The molecular formula is C10H8N4O2. The molecule has 0 aliphatic carbocycles. The first-order valence-corrected chi connectivity index (χ1v) is 4.52. The highest BCUT2D eigenvalue weighted by Crippen LogP contribution is 2.05. The molecule has 0 saturated heterocycles. The van der Waals surface area contributed by atoms with Gasteiger partial charge in [0.1, 0.15) is 6.20 Å². The molecule has 2 heterocycles. The van der Waals surface area contributed by atoms with E-state index in [1.165, 1.54) is 6.20 Å². The van der Waals surface area contributed by atoms with Crippen molar-refractivity contribution in [3.8, 4) is 0 Å². The number of fused-ring (bicyclic) bond motifs is 1. The van der Waals surface area contributed by atoms with E-state index in [0.29, 0.717) is 11.0 Å². The summed E-state index contributed by atoms with van der Waals surface area (Å²) in [6.45, 7) is 0. The van der Waals surface area contributed by atoms with Gasteiger partial charge in [0.2, 0.25) is 5.43 Å². The summed E-state index contributed by atoms with van der Waals surface area (Å²) < 4.78 is 4.84. The fourth-order valence-corrected chi connectivity index (χ4v) is 1.12. The van der Waals surface area contributed by atoms with E-state index in [2.05, 4.69) is 20.6 Å². The lowest BCUT2D eigenvalue weighted by Gasteiger charge is -1.89. The van der Waals surface area contributed by atoms with E-state index >= 15 is 0 Å². The van der Waals surface area contributed by atoms with E-state index in [9.17, 15) is 4.79 Å². The second kappa shape index (κ2) is 4.83. The molecule has 0 aliphatic rings. The number of aromatic nitrogens is 4. The molecule has 0 aliphatic heterocycles. The molecule has 0 unspecified atom stereocenters. The van der Waals surface area contributed by atoms with E-state index in [4.69, 9.17) is 4.52 Å². The van der Waals surface area contributed by atoms with Crippen LogP contribution in [0.5, 0.6) is 0 Å². The van der Waals surface area contributed by atoms with Crippen LogP contribution in [-0.2, 0) is 0 Å². The van der Waals surface area contributed by atoms with Crippen LogP contribution in [0, 0.1) is 0 Å². The molecule has 80 valence electrons. The van der Waals surface area contributed by atoms with Gasteiger partial charge < -0.3 is 4.52 Å². The lowest BCUT2D eigenvalue weighted by Crippen LogP contribution is -1.99. The Balaban J connectivity index is 0.000000162. The van der Waals surface area contributed by atoms with Crippen molar-refractivity contribution in [1.29, 1.82) is 0 Å². The maximum Gasteiger partial charge on any atom is 0.211 e. The van der Waals surface area contributed by atoms with Gasteiger partial charge in [-0.05, 0) is 12.1 Å². The van der Waals surface area contributed by atoms with Crippen molar-refractivity contribution < 1.29 is 4.52 Å².